The number of benzene rings is 1. The molecule has 15 heavy (non-hydrogen) atoms. The van der Waals surface area contributed by atoms with Crippen molar-refractivity contribution in [2.45, 2.75) is 11.1 Å². The Morgan fingerprint density at radius 3 is 2.67 bits per heavy atom. The zero-order valence-corrected chi connectivity index (χ0v) is 8.45. The zero-order valence-electron chi connectivity index (χ0n) is 7.63. The van der Waals surface area contributed by atoms with Crippen LogP contribution in [0.4, 0.5) is 13.2 Å². The van der Waals surface area contributed by atoms with Crippen LogP contribution in [0.3, 0.4) is 0 Å². The van der Waals surface area contributed by atoms with Crippen molar-refractivity contribution in [3.63, 3.8) is 0 Å². The topological polar surface area (TPSA) is 26.0 Å². The molecule has 0 amide bonds. The summed E-state index contributed by atoms with van der Waals surface area (Å²) >= 11 is 1.33. The molecule has 6 heteroatoms. The lowest BCUT2D eigenvalue weighted by Crippen LogP contribution is -2.04. The summed E-state index contributed by atoms with van der Waals surface area (Å²) in [5, 5.41) is 0. The van der Waals surface area contributed by atoms with Gasteiger partial charge in [0.2, 0.25) is 0 Å². The minimum atomic E-state index is -4.53. The monoisotopic (exact) mass is 233 g/mol. The van der Waals surface area contributed by atoms with Crippen molar-refractivity contribution in [3.8, 4) is 0 Å². The maximum Gasteiger partial charge on any atom is 0.468 e. The minimum absolute atomic E-state index is 0.161. The van der Waals surface area contributed by atoms with Crippen LogP contribution in [-0.2, 0) is 6.18 Å². The number of aromatic nitrogens is 1. The van der Waals surface area contributed by atoms with Crippen molar-refractivity contribution in [1.29, 1.82) is 0 Å². The van der Waals surface area contributed by atoms with Gasteiger partial charge in [0.05, 0.1) is 0 Å². The first-order valence-corrected chi connectivity index (χ1v) is 5.25. The van der Waals surface area contributed by atoms with E-state index < -0.39 is 12.1 Å². The van der Waals surface area contributed by atoms with Gasteiger partial charge in [-0.15, -0.1) is 11.8 Å². The highest BCUT2D eigenvalue weighted by Gasteiger charge is 2.37. The van der Waals surface area contributed by atoms with E-state index in [1.807, 2.05) is 0 Å². The number of nitrogens with zero attached hydrogens (tertiary/aromatic N) is 1. The lowest BCUT2D eigenvalue weighted by molar-refractivity contribution is -0.156. The van der Waals surface area contributed by atoms with Gasteiger partial charge in [-0.05, 0) is 18.4 Å². The van der Waals surface area contributed by atoms with Crippen LogP contribution >= 0.6 is 11.8 Å². The molecule has 80 valence electrons. The van der Waals surface area contributed by atoms with Crippen molar-refractivity contribution in [2.75, 3.05) is 6.26 Å². The third-order valence-corrected chi connectivity index (χ3v) is 2.61. The Bertz CT molecular complexity index is 492. The number of oxazole rings is 1. The van der Waals surface area contributed by atoms with E-state index in [2.05, 4.69) is 9.40 Å². The van der Waals surface area contributed by atoms with Gasteiger partial charge in [0.25, 0.3) is 0 Å². The van der Waals surface area contributed by atoms with Gasteiger partial charge in [-0.2, -0.15) is 13.2 Å². The number of fused-ring (bicyclic) bond motifs is 1. The second kappa shape index (κ2) is 3.44. The van der Waals surface area contributed by atoms with E-state index in [4.69, 9.17) is 0 Å². The second-order valence-electron chi connectivity index (χ2n) is 2.82. The van der Waals surface area contributed by atoms with Gasteiger partial charge in [0, 0.05) is 4.90 Å². The maximum absolute atomic E-state index is 12.3. The predicted octanol–water partition coefficient (Wildman–Crippen LogP) is 3.57. The summed E-state index contributed by atoms with van der Waals surface area (Å²) in [6.45, 7) is 0. The predicted molar refractivity (Wildman–Crippen MR) is 50.8 cm³/mol. The Kier molecular flexibility index (Phi) is 2.38. The highest BCUT2D eigenvalue weighted by molar-refractivity contribution is 7.98. The minimum Gasteiger partial charge on any atom is -0.433 e. The van der Waals surface area contributed by atoms with E-state index in [9.17, 15) is 13.2 Å². The summed E-state index contributed by atoms with van der Waals surface area (Å²) in [6, 6.07) is 4.81. The van der Waals surface area contributed by atoms with Crippen LogP contribution in [0.5, 0.6) is 0 Å². The molecule has 0 aliphatic carbocycles. The first-order valence-electron chi connectivity index (χ1n) is 4.03. The fraction of sp³-hybridized carbons (Fsp3) is 0.222. The number of alkyl halides is 3. The maximum atomic E-state index is 12.3. The molecule has 2 aromatic rings. The molecule has 0 radical (unpaired) electrons. The van der Waals surface area contributed by atoms with Crippen molar-refractivity contribution in [1.82, 2.24) is 4.98 Å². The van der Waals surface area contributed by atoms with Gasteiger partial charge < -0.3 is 4.42 Å². The van der Waals surface area contributed by atoms with Crippen LogP contribution in [0.15, 0.2) is 27.5 Å². The molecule has 0 fully saturated rings. The fourth-order valence-electron chi connectivity index (χ4n) is 1.21. The Morgan fingerprint density at radius 1 is 1.33 bits per heavy atom. The van der Waals surface area contributed by atoms with Crippen molar-refractivity contribution in [3.05, 3.63) is 24.1 Å². The molecule has 0 atom stereocenters. The number of halogens is 3. The van der Waals surface area contributed by atoms with Gasteiger partial charge in [-0.3, -0.25) is 0 Å². The summed E-state index contributed by atoms with van der Waals surface area (Å²) < 4.78 is 41.5. The van der Waals surface area contributed by atoms with Crippen LogP contribution in [-0.4, -0.2) is 11.2 Å². The second-order valence-corrected chi connectivity index (χ2v) is 3.67. The molecule has 0 spiro atoms. The van der Waals surface area contributed by atoms with E-state index in [1.165, 1.54) is 17.8 Å². The molecule has 0 saturated heterocycles. The summed E-state index contributed by atoms with van der Waals surface area (Å²) in [4.78, 5) is 4.12. The smallest absolute Gasteiger partial charge is 0.433 e. The number of rotatable bonds is 1. The SMILES string of the molecule is CSc1cccc2oc(C(F)(F)F)nc12. The van der Waals surface area contributed by atoms with E-state index in [1.54, 1.807) is 18.4 Å². The fourth-order valence-corrected chi connectivity index (χ4v) is 1.76. The number of hydrogen-bond donors (Lipinski definition) is 0. The molecule has 2 nitrogen and oxygen atoms in total. The molecule has 0 aliphatic heterocycles. The molecule has 1 aromatic carbocycles. The molecule has 0 N–H and O–H groups in total. The third-order valence-electron chi connectivity index (χ3n) is 1.84. The lowest BCUT2D eigenvalue weighted by atomic mass is 10.3. The average molecular weight is 233 g/mol. The van der Waals surface area contributed by atoms with Gasteiger partial charge in [-0.25, -0.2) is 4.98 Å². The van der Waals surface area contributed by atoms with Crippen molar-refractivity contribution >= 4 is 22.9 Å². The normalized spacial score (nSPS) is 12.3. The first-order chi connectivity index (χ1) is 7.02. The summed E-state index contributed by atoms with van der Waals surface area (Å²) in [6.07, 6.45) is -2.76. The largest absolute Gasteiger partial charge is 0.468 e. The van der Waals surface area contributed by atoms with Gasteiger partial charge in [-0.1, -0.05) is 6.07 Å². The highest BCUT2D eigenvalue weighted by Crippen LogP contribution is 2.33. The number of para-hydroxylation sites is 1. The van der Waals surface area contributed by atoms with E-state index in [0.29, 0.717) is 4.90 Å². The standard InChI is InChI=1S/C9H6F3NOS/c1-15-6-4-2-3-5-7(6)13-8(14-5)9(10,11)12/h2-4H,1H3. The van der Waals surface area contributed by atoms with Gasteiger partial charge in [0.15, 0.2) is 5.58 Å². The summed E-state index contributed by atoms with van der Waals surface area (Å²) in [5.41, 5.74) is 0.423. The Hall–Kier alpha value is -1.17. The molecule has 0 aliphatic rings. The van der Waals surface area contributed by atoms with E-state index in [-0.39, 0.29) is 11.1 Å². The summed E-state index contributed by atoms with van der Waals surface area (Å²) in [7, 11) is 0. The lowest BCUT2D eigenvalue weighted by Gasteiger charge is -1.97. The van der Waals surface area contributed by atoms with Crippen LogP contribution in [0.1, 0.15) is 5.89 Å². The Labute approximate surface area is 87.5 Å². The van der Waals surface area contributed by atoms with Gasteiger partial charge in [0.1, 0.15) is 5.52 Å². The molecule has 1 heterocycles. The molecule has 0 saturated carbocycles. The molecule has 0 unspecified atom stereocenters. The summed E-state index contributed by atoms with van der Waals surface area (Å²) in [5.74, 6) is -1.20. The Morgan fingerprint density at radius 2 is 2.07 bits per heavy atom. The van der Waals surface area contributed by atoms with Crippen LogP contribution in [0.2, 0.25) is 0 Å². The number of thioether (sulfide) groups is 1. The Balaban J connectivity index is 2.65. The van der Waals surface area contributed by atoms with Crippen LogP contribution in [0, 0.1) is 0 Å². The molecule has 2 rings (SSSR count). The van der Waals surface area contributed by atoms with Gasteiger partial charge >= 0.3 is 12.1 Å². The molecule has 0 bridgehead atoms. The average Bonchev–Trinajstić information content (AvgIpc) is 2.59. The van der Waals surface area contributed by atoms with Crippen molar-refractivity contribution < 1.29 is 17.6 Å². The number of hydrogen-bond acceptors (Lipinski definition) is 3. The van der Waals surface area contributed by atoms with E-state index in [0.717, 1.165) is 0 Å². The van der Waals surface area contributed by atoms with Crippen LogP contribution < -0.4 is 0 Å². The molecular formula is C9H6F3NOS. The third kappa shape index (κ3) is 1.81. The van der Waals surface area contributed by atoms with Crippen LogP contribution in [0.25, 0.3) is 11.1 Å². The quantitative estimate of drug-likeness (QED) is 0.704. The van der Waals surface area contributed by atoms with E-state index >= 15 is 0 Å². The zero-order chi connectivity index (χ0) is 11.1. The van der Waals surface area contributed by atoms with Crippen molar-refractivity contribution in [2.24, 2.45) is 0 Å². The first kappa shape index (κ1) is 10.4. The highest BCUT2D eigenvalue weighted by atomic mass is 32.2. The molecule has 1 aromatic heterocycles. The molecular weight excluding hydrogens is 227 g/mol.